The Labute approximate surface area is 334 Å². The average molecular weight is 806 g/mol. The van der Waals surface area contributed by atoms with Crippen LogP contribution in [0.3, 0.4) is 0 Å². The number of ether oxygens (including phenoxy) is 2. The molecule has 6 aliphatic rings. The Balaban J connectivity index is 1.15. The molecular weight excluding hydrogens is 751 g/mol. The summed E-state index contributed by atoms with van der Waals surface area (Å²) in [4.78, 5) is 64.5. The van der Waals surface area contributed by atoms with Crippen molar-refractivity contribution in [2.45, 2.75) is 126 Å². The van der Waals surface area contributed by atoms with Gasteiger partial charge in [-0.1, -0.05) is 26.0 Å². The highest BCUT2D eigenvalue weighted by Gasteiger charge is 2.63. The van der Waals surface area contributed by atoms with E-state index in [1.165, 1.54) is 9.80 Å². The van der Waals surface area contributed by atoms with E-state index in [2.05, 4.69) is 21.9 Å². The molecule has 0 bridgehead atoms. The lowest BCUT2D eigenvalue weighted by Crippen LogP contribution is -2.61. The number of sulfonamides is 1. The van der Waals surface area contributed by atoms with E-state index in [0.29, 0.717) is 74.0 Å². The minimum atomic E-state index is -4.01. The van der Waals surface area contributed by atoms with Crippen molar-refractivity contribution < 1.29 is 42.2 Å². The molecule has 57 heavy (non-hydrogen) atoms. The molecule has 10 atom stereocenters. The summed E-state index contributed by atoms with van der Waals surface area (Å²) in [6.45, 7) is 8.01. The SMILES string of the molecule is CCOc1ccc2c(O[C@@H]3C[C@H]4C(=O)N[C@]5(C(=O)NS(=O)(=O)C6(C)CC6)C[C@H]5/C=C\CC[C@H](C)C[C@@H](C)[C@H](N(C(=O)O)[C@H]5CC6C[C@H]6C5)C(=O)N4C3)nccc2c1. The number of rotatable bonds is 9. The minimum absolute atomic E-state index is 0.0244. The van der Waals surface area contributed by atoms with E-state index in [1.807, 2.05) is 50.3 Å². The molecule has 3 heterocycles. The Hall–Kier alpha value is -4.40. The van der Waals surface area contributed by atoms with Crippen LogP contribution in [0.25, 0.3) is 10.8 Å². The number of fused-ring (bicyclic) bond motifs is 4. The van der Waals surface area contributed by atoms with Crippen LogP contribution in [0, 0.1) is 29.6 Å². The van der Waals surface area contributed by atoms with E-state index >= 15 is 4.79 Å². The topological polar surface area (TPSA) is 185 Å². The van der Waals surface area contributed by atoms with Crippen LogP contribution in [-0.4, -0.2) is 99.8 Å². The molecule has 2 aromatic rings. The number of benzene rings is 1. The number of hydrogen-bond acceptors (Lipinski definition) is 9. The first kappa shape index (κ1) is 39.4. The zero-order valence-corrected chi connectivity index (χ0v) is 34.0. The number of nitrogens with one attached hydrogen (secondary N) is 2. The minimum Gasteiger partial charge on any atom is -0.494 e. The summed E-state index contributed by atoms with van der Waals surface area (Å²) in [6.07, 6.45) is 9.25. The molecule has 308 valence electrons. The van der Waals surface area contributed by atoms with E-state index in [9.17, 15) is 27.9 Å². The quantitative estimate of drug-likeness (QED) is 0.291. The number of hydrogen-bond donors (Lipinski definition) is 3. The van der Waals surface area contributed by atoms with Crippen LogP contribution in [0.2, 0.25) is 0 Å². The predicted molar refractivity (Wildman–Crippen MR) is 211 cm³/mol. The van der Waals surface area contributed by atoms with Crippen LogP contribution in [0.15, 0.2) is 42.6 Å². The molecule has 2 aliphatic heterocycles. The number of pyridine rings is 1. The van der Waals surface area contributed by atoms with Crippen molar-refractivity contribution in [2.75, 3.05) is 13.2 Å². The monoisotopic (exact) mass is 805 g/mol. The lowest BCUT2D eigenvalue weighted by molar-refractivity contribution is -0.145. The summed E-state index contributed by atoms with van der Waals surface area (Å²) < 4.78 is 40.0. The van der Waals surface area contributed by atoms with Gasteiger partial charge in [-0.3, -0.25) is 24.0 Å². The van der Waals surface area contributed by atoms with Crippen molar-refractivity contribution in [3.05, 3.63) is 42.6 Å². The van der Waals surface area contributed by atoms with Gasteiger partial charge in [0.2, 0.25) is 27.7 Å². The lowest BCUT2D eigenvalue weighted by atomic mass is 9.86. The first-order chi connectivity index (χ1) is 27.1. The van der Waals surface area contributed by atoms with Crippen molar-refractivity contribution in [3.8, 4) is 11.6 Å². The summed E-state index contributed by atoms with van der Waals surface area (Å²) in [5.74, 6) is -0.626. The van der Waals surface area contributed by atoms with E-state index in [4.69, 9.17) is 9.47 Å². The molecule has 4 saturated carbocycles. The number of nitrogens with zero attached hydrogens (tertiary/aromatic N) is 3. The highest BCUT2D eigenvalue weighted by atomic mass is 32.2. The van der Waals surface area contributed by atoms with Crippen LogP contribution in [0.5, 0.6) is 11.6 Å². The lowest BCUT2D eigenvalue weighted by Gasteiger charge is -2.40. The van der Waals surface area contributed by atoms with E-state index in [0.717, 1.165) is 18.2 Å². The molecule has 1 aromatic heterocycles. The molecule has 4 amide bonds. The number of amides is 4. The normalized spacial score (nSPS) is 35.0. The highest BCUT2D eigenvalue weighted by molar-refractivity contribution is 7.91. The third kappa shape index (κ3) is 7.56. The molecule has 8 rings (SSSR count). The van der Waals surface area contributed by atoms with Crippen LogP contribution >= 0.6 is 0 Å². The number of carboxylic acid groups (broad SMARTS) is 1. The van der Waals surface area contributed by atoms with Crippen LogP contribution in [0.1, 0.15) is 91.9 Å². The Morgan fingerprint density at radius 1 is 1.09 bits per heavy atom. The van der Waals surface area contributed by atoms with Crippen molar-refractivity contribution >= 4 is 44.6 Å². The number of allylic oxidation sites excluding steroid dienone is 1. The summed E-state index contributed by atoms with van der Waals surface area (Å²) in [6, 6.07) is 4.91. The molecule has 15 heteroatoms. The molecule has 4 aliphatic carbocycles. The largest absolute Gasteiger partial charge is 0.494 e. The van der Waals surface area contributed by atoms with E-state index < -0.39 is 68.2 Å². The van der Waals surface area contributed by atoms with Gasteiger partial charge in [-0.05, 0) is 125 Å². The van der Waals surface area contributed by atoms with Gasteiger partial charge >= 0.3 is 6.09 Å². The second-order valence-corrected chi connectivity index (χ2v) is 20.1. The summed E-state index contributed by atoms with van der Waals surface area (Å²) in [5, 5.41) is 15.3. The third-order valence-electron chi connectivity index (χ3n) is 13.6. The molecular formula is C42H55N5O9S. The first-order valence-electron chi connectivity index (χ1n) is 20.7. The van der Waals surface area contributed by atoms with Gasteiger partial charge in [0.05, 0.1) is 17.9 Å². The molecule has 1 saturated heterocycles. The molecule has 5 fully saturated rings. The van der Waals surface area contributed by atoms with Gasteiger partial charge in [-0.25, -0.2) is 18.2 Å². The van der Waals surface area contributed by atoms with E-state index in [-0.39, 0.29) is 37.3 Å². The van der Waals surface area contributed by atoms with E-state index in [1.54, 1.807) is 13.1 Å². The molecule has 0 radical (unpaired) electrons. The van der Waals surface area contributed by atoms with Gasteiger partial charge in [0, 0.05) is 30.0 Å². The molecule has 1 aromatic carbocycles. The standard InChI is InChI=1S/C42H55N5O9S/c1-5-55-31-10-11-33-26(20-31)12-15-43-37(33)56-32-21-34-36(48)44-42(39(50)45-57(53,54)41(4)13-14-41)22-29(42)9-7-6-8-24(2)16-25(3)35(38(49)46(34)23-32)47(40(51)52)30-18-27-17-28(27)19-30/h7,9-12,15,20,24-25,27-30,32,34-35H,5-6,8,13-14,16-19,21-23H2,1-4H3,(H,44,48)(H,45,50)(H,51,52)/b9-7-/t24-,25+,27-,28?,29+,30+,32+,34-,35-,42+/m0/s1. The van der Waals surface area contributed by atoms with Gasteiger partial charge in [0.1, 0.15) is 29.5 Å². The van der Waals surface area contributed by atoms with Gasteiger partial charge in [-0.15, -0.1) is 0 Å². The van der Waals surface area contributed by atoms with Crippen LogP contribution < -0.4 is 19.5 Å². The summed E-state index contributed by atoms with van der Waals surface area (Å²) >= 11 is 0. The third-order valence-corrected chi connectivity index (χ3v) is 15.8. The Bertz CT molecular complexity index is 2080. The summed E-state index contributed by atoms with van der Waals surface area (Å²) in [7, 11) is -4.01. The van der Waals surface area contributed by atoms with Crippen molar-refractivity contribution in [3.63, 3.8) is 0 Å². The fourth-order valence-corrected chi connectivity index (χ4v) is 11.1. The predicted octanol–water partition coefficient (Wildman–Crippen LogP) is 5.01. The molecule has 14 nitrogen and oxygen atoms in total. The Morgan fingerprint density at radius 3 is 2.54 bits per heavy atom. The first-order valence-corrected chi connectivity index (χ1v) is 22.2. The van der Waals surface area contributed by atoms with Crippen LogP contribution in [0.4, 0.5) is 4.79 Å². The van der Waals surface area contributed by atoms with Crippen LogP contribution in [-0.2, 0) is 24.4 Å². The maximum absolute atomic E-state index is 15.2. The number of carbonyl (C=O) groups excluding carboxylic acids is 3. The fourth-order valence-electron chi connectivity index (χ4n) is 9.82. The Kier molecular flexibility index (Phi) is 10.2. The summed E-state index contributed by atoms with van der Waals surface area (Å²) in [5.41, 5.74) is -1.54. The number of carbonyl (C=O) groups is 4. The zero-order chi connectivity index (χ0) is 40.4. The van der Waals surface area contributed by atoms with Gasteiger partial charge in [0.15, 0.2) is 0 Å². The number of aromatic nitrogens is 1. The van der Waals surface area contributed by atoms with Gasteiger partial charge in [0.25, 0.3) is 5.91 Å². The molecule has 1 unspecified atom stereocenters. The average Bonchev–Trinajstić information content (AvgIpc) is 4.12. The Morgan fingerprint density at radius 2 is 1.84 bits per heavy atom. The van der Waals surface area contributed by atoms with Gasteiger partial charge in [-0.2, -0.15) is 0 Å². The second kappa shape index (κ2) is 14.8. The highest BCUT2D eigenvalue weighted by Crippen LogP contribution is 2.54. The van der Waals surface area contributed by atoms with Crippen molar-refractivity contribution in [1.29, 1.82) is 0 Å². The van der Waals surface area contributed by atoms with Gasteiger partial charge < -0.3 is 24.8 Å². The molecule has 0 spiro atoms. The second-order valence-electron chi connectivity index (χ2n) is 17.9. The molecule has 3 N–H and O–H groups in total. The maximum atomic E-state index is 15.2. The smallest absolute Gasteiger partial charge is 0.408 e. The van der Waals surface area contributed by atoms with Crippen molar-refractivity contribution in [2.24, 2.45) is 29.6 Å². The maximum Gasteiger partial charge on any atom is 0.408 e. The zero-order valence-electron chi connectivity index (χ0n) is 33.2. The van der Waals surface area contributed by atoms with Crippen molar-refractivity contribution in [1.82, 2.24) is 24.8 Å². The fraction of sp³-hybridized carbons (Fsp3) is 0.643.